The van der Waals surface area contributed by atoms with Crippen molar-refractivity contribution < 1.29 is 8.42 Å². The van der Waals surface area contributed by atoms with Crippen LogP contribution >= 0.6 is 23.1 Å². The SMILES string of the molecule is Cn1c(C[C@H]2CCS(=O)(=O)C2)nnc1Sc1ncnc2sccc12. The van der Waals surface area contributed by atoms with E-state index in [1.54, 1.807) is 17.7 Å². The fourth-order valence-electron chi connectivity index (χ4n) is 2.84. The van der Waals surface area contributed by atoms with E-state index in [-0.39, 0.29) is 17.4 Å². The van der Waals surface area contributed by atoms with Gasteiger partial charge in [0.1, 0.15) is 22.0 Å². The van der Waals surface area contributed by atoms with Crippen LogP contribution in [0.2, 0.25) is 0 Å². The summed E-state index contributed by atoms with van der Waals surface area (Å²) in [6.45, 7) is 0. The van der Waals surface area contributed by atoms with Gasteiger partial charge in [0.15, 0.2) is 15.0 Å². The largest absolute Gasteiger partial charge is 0.309 e. The second-order valence-corrected chi connectivity index (χ2v) is 9.93. The molecule has 126 valence electrons. The summed E-state index contributed by atoms with van der Waals surface area (Å²) in [7, 11) is -0.957. The summed E-state index contributed by atoms with van der Waals surface area (Å²) in [5, 5.41) is 13.1. The monoisotopic (exact) mass is 381 g/mol. The number of thiophene rings is 1. The van der Waals surface area contributed by atoms with E-state index in [1.807, 2.05) is 23.1 Å². The smallest absolute Gasteiger partial charge is 0.197 e. The molecule has 4 rings (SSSR count). The van der Waals surface area contributed by atoms with Gasteiger partial charge in [-0.3, -0.25) is 0 Å². The molecule has 1 saturated heterocycles. The van der Waals surface area contributed by atoms with Crippen LogP contribution in [0.25, 0.3) is 10.2 Å². The molecule has 3 aromatic rings. The number of sulfone groups is 1. The summed E-state index contributed by atoms with van der Waals surface area (Å²) < 4.78 is 25.1. The van der Waals surface area contributed by atoms with E-state index in [9.17, 15) is 8.42 Å². The van der Waals surface area contributed by atoms with Gasteiger partial charge in [0.2, 0.25) is 0 Å². The first-order chi connectivity index (χ1) is 11.5. The minimum absolute atomic E-state index is 0.137. The number of hydrogen-bond acceptors (Lipinski definition) is 8. The number of fused-ring (bicyclic) bond motifs is 1. The van der Waals surface area contributed by atoms with Crippen molar-refractivity contribution in [3.05, 3.63) is 23.6 Å². The van der Waals surface area contributed by atoms with Gasteiger partial charge in [0.25, 0.3) is 0 Å². The lowest BCUT2D eigenvalue weighted by Crippen LogP contribution is -2.11. The number of rotatable bonds is 4. The van der Waals surface area contributed by atoms with Crippen molar-refractivity contribution in [3.63, 3.8) is 0 Å². The fourth-order valence-corrected chi connectivity index (χ4v) is 6.37. The van der Waals surface area contributed by atoms with Crippen molar-refractivity contribution in [2.45, 2.75) is 23.0 Å². The Balaban J connectivity index is 1.55. The lowest BCUT2D eigenvalue weighted by Gasteiger charge is -2.07. The van der Waals surface area contributed by atoms with Gasteiger partial charge in [-0.15, -0.1) is 21.5 Å². The van der Waals surface area contributed by atoms with Gasteiger partial charge in [-0.1, -0.05) is 0 Å². The van der Waals surface area contributed by atoms with E-state index in [4.69, 9.17) is 0 Å². The summed E-state index contributed by atoms with van der Waals surface area (Å²) in [6, 6.07) is 2.00. The van der Waals surface area contributed by atoms with Crippen molar-refractivity contribution in [1.82, 2.24) is 24.7 Å². The topological polar surface area (TPSA) is 90.6 Å². The average molecular weight is 382 g/mol. The molecule has 1 aliphatic heterocycles. The molecule has 7 nitrogen and oxygen atoms in total. The highest BCUT2D eigenvalue weighted by molar-refractivity contribution is 7.99. The second-order valence-electron chi connectivity index (χ2n) is 5.85. The molecule has 0 N–H and O–H groups in total. The lowest BCUT2D eigenvalue weighted by molar-refractivity contribution is 0.552. The van der Waals surface area contributed by atoms with E-state index in [1.165, 1.54) is 11.8 Å². The molecule has 0 spiro atoms. The average Bonchev–Trinajstić information content (AvgIpc) is 3.23. The first-order valence-corrected chi connectivity index (χ1v) is 11.0. The van der Waals surface area contributed by atoms with Crippen LogP contribution in [-0.4, -0.2) is 44.7 Å². The maximum absolute atomic E-state index is 11.6. The van der Waals surface area contributed by atoms with Crippen LogP contribution in [0.15, 0.2) is 28.0 Å². The molecule has 0 saturated carbocycles. The van der Waals surface area contributed by atoms with E-state index in [0.717, 1.165) is 26.2 Å². The number of nitrogens with zero attached hydrogens (tertiary/aromatic N) is 5. The Morgan fingerprint density at radius 2 is 2.25 bits per heavy atom. The highest BCUT2D eigenvalue weighted by atomic mass is 32.2. The van der Waals surface area contributed by atoms with E-state index < -0.39 is 9.84 Å². The van der Waals surface area contributed by atoms with Gasteiger partial charge in [0.05, 0.1) is 11.5 Å². The Morgan fingerprint density at radius 1 is 1.38 bits per heavy atom. The fraction of sp³-hybridized carbons (Fsp3) is 0.429. The lowest BCUT2D eigenvalue weighted by atomic mass is 10.1. The second kappa shape index (κ2) is 6.08. The molecular formula is C14H15N5O2S3. The molecule has 1 aliphatic rings. The zero-order valence-corrected chi connectivity index (χ0v) is 15.4. The first-order valence-electron chi connectivity index (χ1n) is 7.46. The molecule has 0 bridgehead atoms. The third kappa shape index (κ3) is 3.05. The van der Waals surface area contributed by atoms with Gasteiger partial charge in [0, 0.05) is 18.9 Å². The van der Waals surface area contributed by atoms with E-state index in [0.29, 0.717) is 12.8 Å². The molecule has 0 amide bonds. The van der Waals surface area contributed by atoms with Crippen LogP contribution in [0, 0.1) is 5.92 Å². The number of aromatic nitrogens is 5. The predicted octanol–water partition coefficient (Wildman–Crippen LogP) is 1.95. The van der Waals surface area contributed by atoms with Crippen molar-refractivity contribution in [1.29, 1.82) is 0 Å². The van der Waals surface area contributed by atoms with Gasteiger partial charge in [-0.25, -0.2) is 18.4 Å². The maximum atomic E-state index is 11.6. The highest BCUT2D eigenvalue weighted by Crippen LogP contribution is 2.32. The van der Waals surface area contributed by atoms with Gasteiger partial charge >= 0.3 is 0 Å². The molecule has 3 aromatic heterocycles. The normalized spacial score (nSPS) is 20.0. The minimum Gasteiger partial charge on any atom is -0.309 e. The Morgan fingerprint density at radius 3 is 3.04 bits per heavy atom. The highest BCUT2D eigenvalue weighted by Gasteiger charge is 2.29. The quantitative estimate of drug-likeness (QED) is 0.638. The maximum Gasteiger partial charge on any atom is 0.197 e. The van der Waals surface area contributed by atoms with Crippen LogP contribution in [0.1, 0.15) is 12.2 Å². The van der Waals surface area contributed by atoms with Crippen molar-refractivity contribution in [2.75, 3.05) is 11.5 Å². The first kappa shape index (κ1) is 16.0. The van der Waals surface area contributed by atoms with Gasteiger partial charge in [-0.2, -0.15) is 0 Å². The predicted molar refractivity (Wildman–Crippen MR) is 93.0 cm³/mol. The Labute approximate surface area is 147 Å². The summed E-state index contributed by atoms with van der Waals surface area (Å²) in [5.41, 5.74) is 0. The van der Waals surface area contributed by atoms with Crippen LogP contribution in [0.3, 0.4) is 0 Å². The third-order valence-electron chi connectivity index (χ3n) is 4.14. The Kier molecular flexibility index (Phi) is 4.05. The summed E-state index contributed by atoms with van der Waals surface area (Å²) in [4.78, 5) is 9.54. The molecule has 0 unspecified atom stereocenters. The van der Waals surface area contributed by atoms with Gasteiger partial charge < -0.3 is 4.57 Å². The molecule has 1 fully saturated rings. The molecule has 0 aliphatic carbocycles. The van der Waals surface area contributed by atoms with Crippen LogP contribution in [0.5, 0.6) is 0 Å². The summed E-state index contributed by atoms with van der Waals surface area (Å²) in [6.07, 6.45) is 2.90. The van der Waals surface area contributed by atoms with E-state index in [2.05, 4.69) is 20.2 Å². The number of hydrogen-bond donors (Lipinski definition) is 0. The van der Waals surface area contributed by atoms with Crippen molar-refractivity contribution in [2.24, 2.45) is 13.0 Å². The Hall–Kier alpha value is -1.52. The Bertz CT molecular complexity index is 995. The molecular weight excluding hydrogens is 366 g/mol. The molecule has 4 heterocycles. The van der Waals surface area contributed by atoms with Crippen LogP contribution in [0.4, 0.5) is 0 Å². The molecule has 0 aromatic carbocycles. The van der Waals surface area contributed by atoms with Crippen molar-refractivity contribution >= 4 is 43.2 Å². The van der Waals surface area contributed by atoms with Crippen molar-refractivity contribution in [3.8, 4) is 0 Å². The van der Waals surface area contributed by atoms with E-state index >= 15 is 0 Å². The van der Waals surface area contributed by atoms with Crippen LogP contribution in [-0.2, 0) is 23.3 Å². The molecule has 0 radical (unpaired) electrons. The van der Waals surface area contributed by atoms with Gasteiger partial charge in [-0.05, 0) is 35.5 Å². The minimum atomic E-state index is -2.87. The molecule has 10 heteroatoms. The third-order valence-corrected chi connectivity index (χ3v) is 7.85. The summed E-state index contributed by atoms with van der Waals surface area (Å²) >= 11 is 3.03. The standard InChI is InChI=1S/C14H15N5O2S3/c1-19-11(6-9-3-5-24(20,21)7-9)17-18-14(19)23-13-10-2-4-22-12(10)15-8-16-13/h2,4,8-9H,3,5-7H2,1H3/t9-/m1/s1. The van der Waals surface area contributed by atoms with Crippen LogP contribution < -0.4 is 0 Å². The zero-order chi connectivity index (χ0) is 16.7. The summed E-state index contributed by atoms with van der Waals surface area (Å²) in [5.74, 6) is 1.49. The molecule has 24 heavy (non-hydrogen) atoms. The zero-order valence-electron chi connectivity index (χ0n) is 12.9. The molecule has 1 atom stereocenters.